The molecule has 0 spiro atoms. The van der Waals surface area contributed by atoms with Crippen molar-refractivity contribution in [1.82, 2.24) is 0 Å². The molecule has 1 aliphatic heterocycles. The van der Waals surface area contributed by atoms with Crippen molar-refractivity contribution >= 4 is 17.1 Å². The lowest BCUT2D eigenvalue weighted by molar-refractivity contribution is 0.315. The molecule has 1 heterocycles. The van der Waals surface area contributed by atoms with E-state index in [0.29, 0.717) is 5.71 Å². The third kappa shape index (κ3) is 5.98. The van der Waals surface area contributed by atoms with Crippen LogP contribution in [0, 0.1) is 18.8 Å². The predicted octanol–water partition coefficient (Wildman–Crippen LogP) is 6.64. The van der Waals surface area contributed by atoms with E-state index in [2.05, 4.69) is 38.9 Å². The Balaban J connectivity index is 0.000000269. The fourth-order valence-electron chi connectivity index (χ4n) is 4.59. The molecular formula is C26H40N2O2. The van der Waals surface area contributed by atoms with Crippen molar-refractivity contribution in [1.29, 1.82) is 0 Å². The van der Waals surface area contributed by atoms with E-state index in [4.69, 9.17) is 0 Å². The van der Waals surface area contributed by atoms with E-state index in [9.17, 15) is 10.2 Å². The van der Waals surface area contributed by atoms with Gasteiger partial charge in [0.1, 0.15) is 0 Å². The molecule has 0 bridgehead atoms. The van der Waals surface area contributed by atoms with Gasteiger partial charge in [0.15, 0.2) is 5.88 Å². The average Bonchev–Trinajstić information content (AvgIpc) is 2.70. The van der Waals surface area contributed by atoms with E-state index in [0.717, 1.165) is 47.2 Å². The highest BCUT2D eigenvalue weighted by Gasteiger charge is 2.27. The van der Waals surface area contributed by atoms with Crippen LogP contribution in [-0.2, 0) is 6.42 Å². The minimum atomic E-state index is -0.0457. The molecule has 3 rings (SSSR count). The van der Waals surface area contributed by atoms with Gasteiger partial charge in [0.2, 0.25) is 0 Å². The van der Waals surface area contributed by atoms with Crippen LogP contribution in [-0.4, -0.2) is 28.6 Å². The van der Waals surface area contributed by atoms with Crippen molar-refractivity contribution < 1.29 is 10.2 Å². The molecule has 1 saturated carbocycles. The molecule has 2 aliphatic rings. The topological polar surface area (TPSA) is 56.1 Å². The summed E-state index contributed by atoms with van der Waals surface area (Å²) >= 11 is 0. The first kappa shape index (κ1) is 24.2. The molecule has 1 fully saturated rings. The summed E-state index contributed by atoms with van der Waals surface area (Å²) < 4.78 is 0. The zero-order valence-corrected chi connectivity index (χ0v) is 19.5. The van der Waals surface area contributed by atoms with Gasteiger partial charge in [0, 0.05) is 23.0 Å². The molecule has 166 valence electrons. The summed E-state index contributed by atoms with van der Waals surface area (Å²) in [6.45, 7) is 18.1. The number of fused-ring (bicyclic) bond motifs is 1. The van der Waals surface area contributed by atoms with Gasteiger partial charge in [-0.05, 0) is 83.4 Å². The average molecular weight is 413 g/mol. The maximum Gasteiger partial charge on any atom is 0.184 e. The lowest BCUT2D eigenvalue weighted by Crippen LogP contribution is -2.36. The summed E-state index contributed by atoms with van der Waals surface area (Å²) in [5.41, 5.74) is 6.15. The van der Waals surface area contributed by atoms with Crippen LogP contribution in [0.2, 0.25) is 0 Å². The lowest BCUT2D eigenvalue weighted by atomic mass is 9.79. The Morgan fingerprint density at radius 1 is 1.17 bits per heavy atom. The fourth-order valence-corrected chi connectivity index (χ4v) is 4.59. The quantitative estimate of drug-likeness (QED) is 0.331. The molecule has 0 amide bonds. The highest BCUT2D eigenvalue weighted by atomic mass is 16.3. The SMILES string of the molecule is C=C(C)C1CCCC(C)C1.C=C(O)N1c2ccc(C)c(N=C(C)CO)c2CCC1C. The number of hydrogen-bond acceptors (Lipinski definition) is 4. The first-order valence-corrected chi connectivity index (χ1v) is 11.3. The van der Waals surface area contributed by atoms with Crippen molar-refractivity contribution in [2.75, 3.05) is 11.5 Å². The second kappa shape index (κ2) is 10.8. The second-order valence-corrected chi connectivity index (χ2v) is 9.22. The maximum absolute atomic E-state index is 9.84. The van der Waals surface area contributed by atoms with Gasteiger partial charge in [-0.25, -0.2) is 0 Å². The van der Waals surface area contributed by atoms with Gasteiger partial charge >= 0.3 is 0 Å². The number of hydrogen-bond donors (Lipinski definition) is 2. The number of aliphatic hydroxyl groups is 2. The van der Waals surface area contributed by atoms with Crippen LogP contribution in [0.4, 0.5) is 11.4 Å². The van der Waals surface area contributed by atoms with Crippen molar-refractivity contribution in [3.05, 3.63) is 47.9 Å². The highest BCUT2D eigenvalue weighted by molar-refractivity contribution is 5.87. The third-order valence-electron chi connectivity index (χ3n) is 6.42. The van der Waals surface area contributed by atoms with Crippen LogP contribution in [0.1, 0.15) is 70.9 Å². The monoisotopic (exact) mass is 412 g/mol. The smallest absolute Gasteiger partial charge is 0.184 e. The minimum Gasteiger partial charge on any atom is -0.495 e. The molecule has 30 heavy (non-hydrogen) atoms. The van der Waals surface area contributed by atoms with Crippen LogP contribution in [0.3, 0.4) is 0 Å². The van der Waals surface area contributed by atoms with Crippen LogP contribution in [0.5, 0.6) is 0 Å². The Morgan fingerprint density at radius 2 is 1.87 bits per heavy atom. The lowest BCUT2D eigenvalue weighted by Gasteiger charge is -2.36. The molecular weight excluding hydrogens is 372 g/mol. The van der Waals surface area contributed by atoms with Crippen LogP contribution in [0.25, 0.3) is 0 Å². The summed E-state index contributed by atoms with van der Waals surface area (Å²) in [7, 11) is 0. The van der Waals surface area contributed by atoms with Crippen molar-refractivity contribution in [3.8, 4) is 0 Å². The number of nitrogens with zero attached hydrogens (tertiary/aromatic N) is 2. The minimum absolute atomic E-state index is 0.0457. The number of anilines is 1. The molecule has 4 heteroatoms. The van der Waals surface area contributed by atoms with Gasteiger partial charge in [0.25, 0.3) is 0 Å². The summed E-state index contributed by atoms with van der Waals surface area (Å²) in [5.74, 6) is 1.84. The van der Waals surface area contributed by atoms with E-state index in [1.165, 1.54) is 31.3 Å². The molecule has 0 radical (unpaired) electrons. The molecule has 0 aromatic heterocycles. The summed E-state index contributed by atoms with van der Waals surface area (Å²) in [4.78, 5) is 6.39. The zero-order chi connectivity index (χ0) is 22.4. The number of allylic oxidation sites excluding steroid dienone is 1. The Labute approximate surface area is 183 Å². The van der Waals surface area contributed by atoms with E-state index in [1.54, 1.807) is 0 Å². The van der Waals surface area contributed by atoms with E-state index in [-0.39, 0.29) is 18.5 Å². The summed E-state index contributed by atoms with van der Waals surface area (Å²) in [6.07, 6.45) is 7.48. The molecule has 2 N–H and O–H groups in total. The Morgan fingerprint density at radius 3 is 2.40 bits per heavy atom. The number of rotatable bonds is 4. The number of aryl methyl sites for hydroxylation is 1. The molecule has 3 atom stereocenters. The van der Waals surface area contributed by atoms with Gasteiger partial charge < -0.3 is 15.1 Å². The molecule has 1 aliphatic carbocycles. The normalized spacial score (nSPS) is 23.9. The second-order valence-electron chi connectivity index (χ2n) is 9.22. The van der Waals surface area contributed by atoms with E-state index >= 15 is 0 Å². The van der Waals surface area contributed by atoms with E-state index in [1.807, 2.05) is 30.9 Å². The van der Waals surface area contributed by atoms with Crippen molar-refractivity contribution in [3.63, 3.8) is 0 Å². The van der Waals surface area contributed by atoms with Crippen LogP contribution < -0.4 is 4.90 Å². The van der Waals surface area contributed by atoms with Gasteiger partial charge in [-0.15, -0.1) is 0 Å². The van der Waals surface area contributed by atoms with Gasteiger partial charge in [-0.1, -0.05) is 38.0 Å². The van der Waals surface area contributed by atoms with Gasteiger partial charge in [-0.2, -0.15) is 0 Å². The molecule has 4 nitrogen and oxygen atoms in total. The number of aliphatic imine (C=N–C) groups is 1. The third-order valence-corrected chi connectivity index (χ3v) is 6.42. The Hall–Kier alpha value is -2.07. The van der Waals surface area contributed by atoms with E-state index < -0.39 is 0 Å². The maximum atomic E-state index is 9.84. The molecule has 1 aromatic rings. The first-order chi connectivity index (χ1) is 14.1. The number of aliphatic hydroxyl groups excluding tert-OH is 2. The molecule has 0 saturated heterocycles. The van der Waals surface area contributed by atoms with Gasteiger partial charge in [0.05, 0.1) is 12.3 Å². The summed E-state index contributed by atoms with van der Waals surface area (Å²) in [5, 5.41) is 19.0. The largest absolute Gasteiger partial charge is 0.495 e. The standard InChI is InChI=1S/C16H22N2O2.C10H18/c1-10-5-8-15-14(16(10)17-11(2)9-19)7-6-12(3)18(15)13(4)20;1-8(2)10-6-4-5-9(3)7-10/h5,8,12,19-20H,4,6-7,9H2,1-3H3;9-10H,1,4-7H2,2-3H3. The Bertz CT molecular complexity index is 796. The molecule has 3 unspecified atom stereocenters. The Kier molecular flexibility index (Phi) is 8.72. The highest BCUT2D eigenvalue weighted by Crippen LogP contribution is 2.40. The van der Waals surface area contributed by atoms with Crippen molar-refractivity contribution in [2.24, 2.45) is 16.8 Å². The summed E-state index contributed by atoms with van der Waals surface area (Å²) in [6, 6.07) is 4.23. The van der Waals surface area contributed by atoms with Crippen LogP contribution >= 0.6 is 0 Å². The molecule has 1 aromatic carbocycles. The fraction of sp³-hybridized carbons (Fsp3) is 0.577. The van der Waals surface area contributed by atoms with Gasteiger partial charge in [-0.3, -0.25) is 4.99 Å². The van der Waals surface area contributed by atoms with Crippen molar-refractivity contribution in [2.45, 2.75) is 79.2 Å². The number of benzene rings is 1. The first-order valence-electron chi connectivity index (χ1n) is 11.3. The zero-order valence-electron chi connectivity index (χ0n) is 19.5. The van der Waals surface area contributed by atoms with Crippen LogP contribution in [0.15, 0.2) is 41.7 Å². The predicted molar refractivity (Wildman–Crippen MR) is 129 cm³/mol.